The lowest BCUT2D eigenvalue weighted by atomic mass is 9.70. The molecule has 0 aromatic rings. The molecule has 8 nitrogen and oxygen atoms in total. The minimum absolute atomic E-state index is 0.0367. The fourth-order valence-corrected chi connectivity index (χ4v) is 7.88. The van der Waals surface area contributed by atoms with E-state index in [-0.39, 0.29) is 41.8 Å². The number of hydrogen-bond acceptors (Lipinski definition) is 6. The molecular formula is C27H39BrN2O6. The summed E-state index contributed by atoms with van der Waals surface area (Å²) in [5.74, 6) is -2.78. The van der Waals surface area contributed by atoms with E-state index in [1.54, 1.807) is 11.0 Å². The summed E-state index contributed by atoms with van der Waals surface area (Å²) in [6.45, 7) is 11.5. The SMILES string of the molecule is C=CCOC(=O)[C@H]1[C@H]2C(=O)N([C@@H](CO)C(C)C)C(C(=O)N(CC=C)C3CCCCC3)C23CC(Br)[C@@H]1O3. The van der Waals surface area contributed by atoms with Gasteiger partial charge >= 0.3 is 5.97 Å². The van der Waals surface area contributed by atoms with E-state index in [2.05, 4.69) is 29.1 Å². The number of alkyl halides is 1. The zero-order valence-corrected chi connectivity index (χ0v) is 22.9. The van der Waals surface area contributed by atoms with Gasteiger partial charge in [0.1, 0.15) is 18.2 Å². The van der Waals surface area contributed by atoms with Gasteiger partial charge in [-0.2, -0.15) is 0 Å². The molecule has 7 atom stereocenters. The molecule has 9 heteroatoms. The summed E-state index contributed by atoms with van der Waals surface area (Å²) in [5.41, 5.74) is -1.17. The first-order chi connectivity index (χ1) is 17.2. The molecule has 3 saturated heterocycles. The van der Waals surface area contributed by atoms with E-state index in [4.69, 9.17) is 9.47 Å². The van der Waals surface area contributed by atoms with Crippen molar-refractivity contribution in [3.05, 3.63) is 25.3 Å². The van der Waals surface area contributed by atoms with E-state index in [0.717, 1.165) is 32.1 Å². The van der Waals surface area contributed by atoms with Crippen molar-refractivity contribution in [3.8, 4) is 0 Å². The highest BCUT2D eigenvalue weighted by Crippen LogP contribution is 2.61. The minimum atomic E-state index is -1.17. The highest BCUT2D eigenvalue weighted by molar-refractivity contribution is 9.09. The molecular weight excluding hydrogens is 528 g/mol. The number of ether oxygens (including phenoxy) is 2. The van der Waals surface area contributed by atoms with Crippen LogP contribution in [0.5, 0.6) is 0 Å². The lowest BCUT2D eigenvalue weighted by Crippen LogP contribution is -2.61. The molecule has 0 radical (unpaired) electrons. The van der Waals surface area contributed by atoms with Crippen LogP contribution in [0.15, 0.2) is 25.3 Å². The van der Waals surface area contributed by atoms with Crippen molar-refractivity contribution in [2.75, 3.05) is 19.8 Å². The van der Waals surface area contributed by atoms with Crippen molar-refractivity contribution in [3.63, 3.8) is 0 Å². The maximum absolute atomic E-state index is 14.5. The van der Waals surface area contributed by atoms with Crippen LogP contribution in [0.25, 0.3) is 0 Å². The molecule has 3 heterocycles. The van der Waals surface area contributed by atoms with Gasteiger partial charge in [-0.05, 0) is 25.2 Å². The van der Waals surface area contributed by atoms with Gasteiger partial charge in [0.05, 0.1) is 30.6 Å². The molecule has 2 amide bonds. The van der Waals surface area contributed by atoms with Crippen molar-refractivity contribution in [2.45, 2.75) is 87.0 Å². The minimum Gasteiger partial charge on any atom is -0.461 e. The van der Waals surface area contributed by atoms with Gasteiger partial charge < -0.3 is 24.4 Å². The molecule has 4 fully saturated rings. The maximum Gasteiger partial charge on any atom is 0.312 e. The Kier molecular flexibility index (Phi) is 8.32. The molecule has 4 rings (SSSR count). The van der Waals surface area contributed by atoms with E-state index in [1.807, 2.05) is 18.7 Å². The molecule has 3 unspecified atom stereocenters. The highest BCUT2D eigenvalue weighted by Gasteiger charge is 2.77. The predicted molar refractivity (Wildman–Crippen MR) is 138 cm³/mol. The van der Waals surface area contributed by atoms with Crippen LogP contribution in [0.4, 0.5) is 0 Å². The zero-order valence-electron chi connectivity index (χ0n) is 21.3. The fraction of sp³-hybridized carbons (Fsp3) is 0.741. The van der Waals surface area contributed by atoms with Crippen LogP contribution in [0, 0.1) is 17.8 Å². The van der Waals surface area contributed by atoms with E-state index in [9.17, 15) is 19.5 Å². The predicted octanol–water partition coefficient (Wildman–Crippen LogP) is 2.83. The molecule has 2 bridgehead atoms. The van der Waals surface area contributed by atoms with Crippen molar-refractivity contribution < 1.29 is 29.0 Å². The van der Waals surface area contributed by atoms with Gasteiger partial charge in [0, 0.05) is 17.4 Å². The molecule has 4 aliphatic rings. The lowest BCUT2D eigenvalue weighted by molar-refractivity contribution is -0.157. The molecule has 0 aromatic heterocycles. The third-order valence-electron chi connectivity index (χ3n) is 8.51. The largest absolute Gasteiger partial charge is 0.461 e. The van der Waals surface area contributed by atoms with Gasteiger partial charge in [0.15, 0.2) is 0 Å². The summed E-state index contributed by atoms with van der Waals surface area (Å²) < 4.78 is 11.9. The number of likely N-dealkylation sites (tertiary alicyclic amines) is 1. The number of fused-ring (bicyclic) bond motifs is 1. The zero-order chi connectivity index (χ0) is 26.2. The Labute approximate surface area is 222 Å². The fourth-order valence-electron chi connectivity index (χ4n) is 6.94. The van der Waals surface area contributed by atoms with Crippen molar-refractivity contribution in [2.24, 2.45) is 17.8 Å². The van der Waals surface area contributed by atoms with Crippen LogP contribution < -0.4 is 0 Å². The molecule has 1 spiro atoms. The Hall–Kier alpha value is -1.71. The first-order valence-electron chi connectivity index (χ1n) is 13.2. The Morgan fingerprint density at radius 2 is 1.97 bits per heavy atom. The van der Waals surface area contributed by atoms with Crippen LogP contribution in [-0.2, 0) is 23.9 Å². The number of aliphatic hydroxyl groups is 1. The summed E-state index contributed by atoms with van der Waals surface area (Å²) in [6, 6.07) is -1.45. The van der Waals surface area contributed by atoms with Crippen LogP contribution >= 0.6 is 15.9 Å². The van der Waals surface area contributed by atoms with Gasteiger partial charge in [0.2, 0.25) is 11.8 Å². The smallest absolute Gasteiger partial charge is 0.312 e. The monoisotopic (exact) mass is 566 g/mol. The van der Waals surface area contributed by atoms with E-state index < -0.39 is 41.6 Å². The Balaban J connectivity index is 1.79. The topological polar surface area (TPSA) is 96.4 Å². The quantitative estimate of drug-likeness (QED) is 0.248. The van der Waals surface area contributed by atoms with Gasteiger partial charge in [-0.25, -0.2) is 0 Å². The summed E-state index contributed by atoms with van der Waals surface area (Å²) in [5, 5.41) is 10.4. The van der Waals surface area contributed by atoms with E-state index >= 15 is 0 Å². The maximum atomic E-state index is 14.5. The van der Waals surface area contributed by atoms with Crippen LogP contribution in [0.2, 0.25) is 0 Å². The molecule has 1 aliphatic carbocycles. The first kappa shape index (κ1) is 27.3. The number of aliphatic hydroxyl groups excluding tert-OH is 1. The highest BCUT2D eigenvalue weighted by atomic mass is 79.9. The van der Waals surface area contributed by atoms with Crippen LogP contribution in [0.1, 0.15) is 52.4 Å². The van der Waals surface area contributed by atoms with Crippen LogP contribution in [0.3, 0.4) is 0 Å². The number of hydrogen-bond donors (Lipinski definition) is 1. The Morgan fingerprint density at radius 1 is 1.28 bits per heavy atom. The Bertz CT molecular complexity index is 889. The number of halogens is 1. The molecule has 1 N–H and O–H groups in total. The van der Waals surface area contributed by atoms with Gasteiger partial charge in [-0.3, -0.25) is 14.4 Å². The number of nitrogens with zero attached hydrogens (tertiary/aromatic N) is 2. The Morgan fingerprint density at radius 3 is 2.56 bits per heavy atom. The second-order valence-corrected chi connectivity index (χ2v) is 12.1. The normalized spacial score (nSPS) is 34.5. The van der Waals surface area contributed by atoms with Crippen molar-refractivity contribution in [1.82, 2.24) is 9.80 Å². The first-order valence-corrected chi connectivity index (χ1v) is 14.1. The summed E-state index contributed by atoms with van der Waals surface area (Å²) >= 11 is 3.67. The number of amides is 2. The number of rotatable bonds is 10. The number of carbonyl (C=O) groups excluding carboxylic acids is 3. The molecule has 200 valence electrons. The van der Waals surface area contributed by atoms with Crippen molar-refractivity contribution in [1.29, 1.82) is 0 Å². The average Bonchev–Trinajstić information content (AvgIpc) is 3.45. The summed E-state index contributed by atoms with van der Waals surface area (Å²) in [6.07, 6.45) is 8.14. The van der Waals surface area contributed by atoms with Crippen molar-refractivity contribution >= 4 is 33.7 Å². The molecule has 1 saturated carbocycles. The molecule has 0 aromatic carbocycles. The van der Waals surface area contributed by atoms with Gasteiger partial charge in [0.25, 0.3) is 0 Å². The molecule has 3 aliphatic heterocycles. The number of esters is 1. The van der Waals surface area contributed by atoms with Crippen LogP contribution in [-0.4, -0.2) is 87.1 Å². The van der Waals surface area contributed by atoms with Gasteiger partial charge in [-0.15, -0.1) is 6.58 Å². The summed E-state index contributed by atoms with van der Waals surface area (Å²) in [4.78, 5) is 45.0. The summed E-state index contributed by atoms with van der Waals surface area (Å²) in [7, 11) is 0. The van der Waals surface area contributed by atoms with Gasteiger partial charge in [-0.1, -0.05) is 67.8 Å². The van der Waals surface area contributed by atoms with E-state index in [0.29, 0.717) is 13.0 Å². The number of carbonyl (C=O) groups is 3. The lowest BCUT2D eigenvalue weighted by Gasteiger charge is -2.43. The third-order valence-corrected chi connectivity index (χ3v) is 9.36. The van der Waals surface area contributed by atoms with E-state index in [1.165, 1.54) is 6.08 Å². The second-order valence-electron chi connectivity index (χ2n) is 10.9. The average molecular weight is 568 g/mol. The third kappa shape index (κ3) is 4.35. The standard InChI is InChI=1S/C27H39BrN2O6/c1-5-12-29(17-10-8-7-9-11-17)25(33)23-27-14-18(28)22(36-27)20(26(34)35-13-6-2)21(27)24(32)30(23)19(15-31)16(3)4/h5-6,16-23,31H,1-2,7-15H2,3-4H3/t18?,19-,20-,21-,22-,23?,27?/m0/s1. The molecule has 36 heavy (non-hydrogen) atoms. The second kappa shape index (κ2) is 11.0.